The number of sulfonamides is 1. The van der Waals surface area contributed by atoms with Gasteiger partial charge in [-0.25, -0.2) is 13.1 Å². The lowest BCUT2D eigenvalue weighted by molar-refractivity contribution is -0.116. The first-order chi connectivity index (χ1) is 12.9. The molecule has 27 heavy (non-hydrogen) atoms. The summed E-state index contributed by atoms with van der Waals surface area (Å²) in [6.07, 6.45) is 0.129. The number of para-hydroxylation sites is 1. The van der Waals surface area contributed by atoms with E-state index in [0.29, 0.717) is 16.5 Å². The molecule has 146 valence electrons. The van der Waals surface area contributed by atoms with Crippen LogP contribution in [0.4, 0.5) is 5.69 Å². The first-order valence-electron chi connectivity index (χ1n) is 8.18. The van der Waals surface area contributed by atoms with Crippen LogP contribution in [0, 0.1) is 0 Å². The third-order valence-corrected chi connectivity index (χ3v) is 5.26. The van der Waals surface area contributed by atoms with Gasteiger partial charge in [0.2, 0.25) is 15.9 Å². The van der Waals surface area contributed by atoms with Crippen molar-refractivity contribution in [3.05, 3.63) is 53.6 Å². The Bertz CT molecular complexity index is 856. The molecule has 2 rings (SSSR count). The Morgan fingerprint density at radius 1 is 1.07 bits per heavy atom. The highest BCUT2D eigenvalue weighted by molar-refractivity contribution is 7.89. The van der Waals surface area contributed by atoms with Crippen LogP contribution in [0.3, 0.4) is 0 Å². The van der Waals surface area contributed by atoms with E-state index in [2.05, 4.69) is 10.0 Å². The van der Waals surface area contributed by atoms with Gasteiger partial charge >= 0.3 is 0 Å². The van der Waals surface area contributed by atoms with Gasteiger partial charge in [-0.1, -0.05) is 23.7 Å². The zero-order valence-corrected chi connectivity index (χ0v) is 16.3. The summed E-state index contributed by atoms with van der Waals surface area (Å²) >= 11 is 5.97. The van der Waals surface area contributed by atoms with Gasteiger partial charge in [0, 0.05) is 19.3 Å². The molecule has 0 atom stereocenters. The lowest BCUT2D eigenvalue weighted by Crippen LogP contribution is -2.27. The highest BCUT2D eigenvalue weighted by atomic mass is 35.5. The SMILES string of the molecule is COCCNS(=O)(=O)c1ccc(NC(=O)CCOc2ccccc2Cl)cc1. The van der Waals surface area contributed by atoms with Crippen molar-refractivity contribution >= 4 is 33.2 Å². The second kappa shape index (κ2) is 10.3. The molecule has 0 radical (unpaired) electrons. The summed E-state index contributed by atoms with van der Waals surface area (Å²) in [4.78, 5) is 12.1. The molecule has 1 amide bonds. The first-order valence-corrected chi connectivity index (χ1v) is 10.0. The normalized spacial score (nSPS) is 11.2. The molecule has 2 aromatic rings. The molecule has 9 heteroatoms. The number of methoxy groups -OCH3 is 1. The number of ether oxygens (including phenoxy) is 2. The van der Waals surface area contributed by atoms with Gasteiger partial charge in [0.1, 0.15) is 5.75 Å². The van der Waals surface area contributed by atoms with E-state index in [1.807, 2.05) is 0 Å². The van der Waals surface area contributed by atoms with Crippen molar-refractivity contribution in [1.82, 2.24) is 4.72 Å². The van der Waals surface area contributed by atoms with Crippen LogP contribution < -0.4 is 14.8 Å². The van der Waals surface area contributed by atoms with Gasteiger partial charge in [-0.3, -0.25) is 4.79 Å². The second-order valence-electron chi connectivity index (χ2n) is 5.49. The molecule has 0 fully saturated rings. The van der Waals surface area contributed by atoms with Crippen molar-refractivity contribution in [2.45, 2.75) is 11.3 Å². The predicted molar refractivity (Wildman–Crippen MR) is 104 cm³/mol. The van der Waals surface area contributed by atoms with Gasteiger partial charge in [0.15, 0.2) is 0 Å². The number of hydrogen-bond donors (Lipinski definition) is 2. The molecular formula is C18H21ClN2O5S. The summed E-state index contributed by atoms with van der Waals surface area (Å²) in [5, 5.41) is 3.17. The Kier molecular flexibility index (Phi) is 8.05. The molecular weight excluding hydrogens is 392 g/mol. The van der Waals surface area contributed by atoms with Crippen molar-refractivity contribution in [3.8, 4) is 5.75 Å². The fraction of sp³-hybridized carbons (Fsp3) is 0.278. The van der Waals surface area contributed by atoms with E-state index in [9.17, 15) is 13.2 Å². The number of carbonyl (C=O) groups is 1. The topological polar surface area (TPSA) is 93.7 Å². The van der Waals surface area contributed by atoms with Crippen LogP contribution in [0.2, 0.25) is 5.02 Å². The van der Waals surface area contributed by atoms with E-state index in [-0.39, 0.29) is 37.0 Å². The molecule has 2 N–H and O–H groups in total. The molecule has 0 aromatic heterocycles. The van der Waals surface area contributed by atoms with Crippen LogP contribution in [0.25, 0.3) is 0 Å². The second-order valence-corrected chi connectivity index (χ2v) is 7.67. The lowest BCUT2D eigenvalue weighted by atomic mass is 10.3. The molecule has 0 saturated carbocycles. The van der Waals surface area contributed by atoms with E-state index in [4.69, 9.17) is 21.1 Å². The molecule has 0 aliphatic heterocycles. The molecule has 0 aliphatic rings. The predicted octanol–water partition coefficient (Wildman–Crippen LogP) is 2.67. The highest BCUT2D eigenvalue weighted by Crippen LogP contribution is 2.23. The number of amides is 1. The summed E-state index contributed by atoms with van der Waals surface area (Å²) in [6.45, 7) is 0.637. The number of benzene rings is 2. The van der Waals surface area contributed by atoms with Crippen molar-refractivity contribution in [2.24, 2.45) is 0 Å². The van der Waals surface area contributed by atoms with Crippen molar-refractivity contribution in [1.29, 1.82) is 0 Å². The van der Waals surface area contributed by atoms with Gasteiger partial charge in [-0.05, 0) is 36.4 Å². The molecule has 0 unspecified atom stereocenters. The van der Waals surface area contributed by atoms with Crippen LogP contribution in [0.15, 0.2) is 53.4 Å². The number of anilines is 1. The summed E-state index contributed by atoms with van der Waals surface area (Å²) in [6, 6.07) is 12.9. The third kappa shape index (κ3) is 6.84. The maximum absolute atomic E-state index is 12.1. The van der Waals surface area contributed by atoms with E-state index in [1.54, 1.807) is 24.3 Å². The Labute approximate surface area is 163 Å². The standard InChI is InChI=1S/C18H21ClN2O5S/c1-25-13-11-20-27(23,24)15-8-6-14(7-9-15)21-18(22)10-12-26-17-5-3-2-4-16(17)19/h2-9,20H,10-13H2,1H3,(H,21,22). The number of hydrogen-bond acceptors (Lipinski definition) is 5. The molecule has 0 bridgehead atoms. The number of carbonyl (C=O) groups excluding carboxylic acids is 1. The Morgan fingerprint density at radius 2 is 1.78 bits per heavy atom. The van der Waals surface area contributed by atoms with Gasteiger partial charge in [-0.2, -0.15) is 0 Å². The average Bonchev–Trinajstić information content (AvgIpc) is 2.64. The third-order valence-electron chi connectivity index (χ3n) is 3.47. The van der Waals surface area contributed by atoms with E-state index in [1.165, 1.54) is 31.4 Å². The minimum absolute atomic E-state index is 0.110. The van der Waals surface area contributed by atoms with E-state index < -0.39 is 10.0 Å². The largest absolute Gasteiger partial charge is 0.491 e. The van der Waals surface area contributed by atoms with Gasteiger partial charge in [-0.15, -0.1) is 0 Å². The molecule has 7 nitrogen and oxygen atoms in total. The van der Waals surface area contributed by atoms with Crippen molar-refractivity contribution in [3.63, 3.8) is 0 Å². The Balaban J connectivity index is 1.83. The van der Waals surface area contributed by atoms with Crippen LogP contribution in [0.1, 0.15) is 6.42 Å². The molecule has 0 aliphatic carbocycles. The molecule has 0 saturated heterocycles. The monoisotopic (exact) mass is 412 g/mol. The van der Waals surface area contributed by atoms with Gasteiger partial charge in [0.05, 0.1) is 29.6 Å². The zero-order valence-electron chi connectivity index (χ0n) is 14.8. The van der Waals surface area contributed by atoms with E-state index in [0.717, 1.165) is 0 Å². The maximum atomic E-state index is 12.1. The van der Waals surface area contributed by atoms with Crippen LogP contribution in [0.5, 0.6) is 5.75 Å². The summed E-state index contributed by atoms with van der Waals surface area (Å²) in [7, 11) is -2.11. The Morgan fingerprint density at radius 3 is 2.44 bits per heavy atom. The van der Waals surface area contributed by atoms with Crippen molar-refractivity contribution in [2.75, 3.05) is 32.2 Å². The van der Waals surface area contributed by atoms with Gasteiger partial charge < -0.3 is 14.8 Å². The highest BCUT2D eigenvalue weighted by Gasteiger charge is 2.13. The number of nitrogens with one attached hydrogen (secondary N) is 2. The lowest BCUT2D eigenvalue weighted by Gasteiger charge is -2.09. The molecule has 0 spiro atoms. The van der Waals surface area contributed by atoms with Gasteiger partial charge in [0.25, 0.3) is 0 Å². The van der Waals surface area contributed by atoms with E-state index >= 15 is 0 Å². The smallest absolute Gasteiger partial charge is 0.240 e. The van der Waals surface area contributed by atoms with Crippen LogP contribution >= 0.6 is 11.6 Å². The number of rotatable bonds is 10. The van der Waals surface area contributed by atoms with Crippen LogP contribution in [-0.4, -0.2) is 41.2 Å². The van der Waals surface area contributed by atoms with Crippen molar-refractivity contribution < 1.29 is 22.7 Å². The number of halogens is 1. The minimum Gasteiger partial charge on any atom is -0.491 e. The zero-order chi connectivity index (χ0) is 19.7. The first kappa shape index (κ1) is 21.2. The maximum Gasteiger partial charge on any atom is 0.240 e. The Hall–Kier alpha value is -2.13. The average molecular weight is 413 g/mol. The summed E-state index contributed by atoms with van der Waals surface area (Å²) in [5.74, 6) is 0.262. The summed E-state index contributed by atoms with van der Waals surface area (Å²) in [5.41, 5.74) is 0.494. The minimum atomic E-state index is -3.60. The fourth-order valence-corrected chi connectivity index (χ4v) is 3.32. The fourth-order valence-electron chi connectivity index (χ4n) is 2.12. The molecule has 2 aromatic carbocycles. The van der Waals surface area contributed by atoms with Crippen LogP contribution in [-0.2, 0) is 19.6 Å². The summed E-state index contributed by atoms with van der Waals surface area (Å²) < 4.78 is 36.8. The molecule has 0 heterocycles. The quantitative estimate of drug-likeness (QED) is 0.585.